The van der Waals surface area contributed by atoms with Crippen molar-refractivity contribution < 1.29 is 24.6 Å². The van der Waals surface area contributed by atoms with E-state index < -0.39 is 23.9 Å². The standard InChI is InChI=1S/C27H41N5O5.ClH/c1-3-4-14-32-25(36)21(22(33)18-8-6-5-7-9-18)30-26(37)27(32)12-15-31(16-13-27)24(35)19-10-11-20(29-17-19)23(34)28-2;/h10-11,17-18,21-22,24,33,35H,3-9,12-16H2,1-2H3,(H,28,34)(H,30,37);1H/t21-,22-,24?;/m1./s1. The quantitative estimate of drug-likeness (QED) is 0.386. The summed E-state index contributed by atoms with van der Waals surface area (Å²) in [6, 6.07) is 2.35. The van der Waals surface area contributed by atoms with Crippen LogP contribution in [0.25, 0.3) is 0 Å². The Kier molecular flexibility index (Phi) is 10.5. The third kappa shape index (κ3) is 5.98. The van der Waals surface area contributed by atoms with Crippen LogP contribution in [0.4, 0.5) is 0 Å². The van der Waals surface area contributed by atoms with E-state index in [9.17, 15) is 24.6 Å². The van der Waals surface area contributed by atoms with Crippen LogP contribution < -0.4 is 10.6 Å². The highest BCUT2D eigenvalue weighted by atomic mass is 35.5. The second-order valence-electron chi connectivity index (χ2n) is 10.7. The van der Waals surface area contributed by atoms with Crippen LogP contribution in [0.5, 0.6) is 0 Å². The van der Waals surface area contributed by atoms with Gasteiger partial charge in [-0.05, 0) is 44.1 Å². The second kappa shape index (κ2) is 13.2. The number of hydrogen-bond donors (Lipinski definition) is 4. The number of pyridine rings is 1. The van der Waals surface area contributed by atoms with E-state index in [-0.39, 0.29) is 41.7 Å². The number of unbranched alkanes of at least 4 members (excludes halogenated alkanes) is 1. The predicted molar refractivity (Wildman–Crippen MR) is 145 cm³/mol. The van der Waals surface area contributed by atoms with Gasteiger partial charge in [0.05, 0.1) is 6.10 Å². The van der Waals surface area contributed by atoms with Gasteiger partial charge in [0.15, 0.2) is 0 Å². The molecule has 0 aromatic carbocycles. The molecule has 0 bridgehead atoms. The molecule has 0 radical (unpaired) electrons. The summed E-state index contributed by atoms with van der Waals surface area (Å²) in [4.78, 5) is 46.8. The summed E-state index contributed by atoms with van der Waals surface area (Å²) in [6.07, 6.45) is 7.13. The van der Waals surface area contributed by atoms with Crippen LogP contribution in [-0.4, -0.2) is 87.1 Å². The normalized spacial score (nSPS) is 23.9. The van der Waals surface area contributed by atoms with Crippen LogP contribution in [0.3, 0.4) is 0 Å². The largest absolute Gasteiger partial charge is 0.390 e. The number of halogens is 1. The number of hydrogen-bond acceptors (Lipinski definition) is 7. The average Bonchev–Trinajstić information content (AvgIpc) is 2.94. The molecule has 3 atom stereocenters. The molecule has 3 aliphatic rings. The van der Waals surface area contributed by atoms with Crippen LogP contribution in [0.15, 0.2) is 18.3 Å². The zero-order chi connectivity index (χ0) is 26.6. The number of amides is 3. The molecule has 1 spiro atoms. The van der Waals surface area contributed by atoms with E-state index in [2.05, 4.69) is 22.5 Å². The van der Waals surface area contributed by atoms with Crippen molar-refractivity contribution in [2.24, 2.45) is 5.92 Å². The van der Waals surface area contributed by atoms with Crippen molar-refractivity contribution in [1.29, 1.82) is 0 Å². The van der Waals surface area contributed by atoms with Gasteiger partial charge in [-0.3, -0.25) is 24.3 Å². The molecule has 2 aliphatic heterocycles. The molecule has 38 heavy (non-hydrogen) atoms. The first-order chi connectivity index (χ1) is 17.8. The van der Waals surface area contributed by atoms with Crippen LogP contribution in [0.1, 0.15) is 87.0 Å². The topological polar surface area (TPSA) is 135 Å². The van der Waals surface area contributed by atoms with Crippen molar-refractivity contribution in [3.63, 3.8) is 0 Å². The summed E-state index contributed by atoms with van der Waals surface area (Å²) in [5, 5.41) is 27.5. The van der Waals surface area contributed by atoms with Gasteiger partial charge in [0.25, 0.3) is 5.91 Å². The second-order valence-corrected chi connectivity index (χ2v) is 10.7. The highest BCUT2D eigenvalue weighted by Gasteiger charge is 2.55. The molecule has 1 aromatic heterocycles. The lowest BCUT2D eigenvalue weighted by molar-refractivity contribution is -0.167. The van der Waals surface area contributed by atoms with E-state index in [1.165, 1.54) is 13.2 Å². The zero-order valence-electron chi connectivity index (χ0n) is 22.4. The first kappa shape index (κ1) is 30.3. The fraction of sp³-hybridized carbons (Fsp3) is 0.704. The van der Waals surface area contributed by atoms with Gasteiger partial charge in [0, 0.05) is 38.4 Å². The predicted octanol–water partition coefficient (Wildman–Crippen LogP) is 1.76. The van der Waals surface area contributed by atoms with Gasteiger partial charge in [-0.15, -0.1) is 12.4 Å². The summed E-state index contributed by atoms with van der Waals surface area (Å²) in [5.41, 5.74) is -0.150. The number of aromatic nitrogens is 1. The fourth-order valence-corrected chi connectivity index (χ4v) is 6.13. The summed E-state index contributed by atoms with van der Waals surface area (Å²) >= 11 is 0. The number of nitrogens with one attached hydrogen (secondary N) is 2. The van der Waals surface area contributed by atoms with Gasteiger partial charge in [0.2, 0.25) is 11.8 Å². The summed E-state index contributed by atoms with van der Waals surface area (Å²) in [5.74, 6) is -0.651. The highest BCUT2D eigenvalue weighted by Crippen LogP contribution is 2.37. The van der Waals surface area contributed by atoms with Crippen LogP contribution in [0.2, 0.25) is 0 Å². The van der Waals surface area contributed by atoms with Crippen molar-refractivity contribution in [3.05, 3.63) is 29.6 Å². The molecule has 1 aliphatic carbocycles. The van der Waals surface area contributed by atoms with Gasteiger partial charge < -0.3 is 25.7 Å². The summed E-state index contributed by atoms with van der Waals surface area (Å²) in [6.45, 7) is 3.36. The first-order valence-electron chi connectivity index (χ1n) is 13.7. The Morgan fingerprint density at radius 1 is 1.18 bits per heavy atom. The Morgan fingerprint density at radius 3 is 2.45 bits per heavy atom. The third-order valence-corrected chi connectivity index (χ3v) is 8.48. The van der Waals surface area contributed by atoms with Crippen molar-refractivity contribution in [1.82, 2.24) is 25.4 Å². The number of piperazine rings is 1. The van der Waals surface area contributed by atoms with Gasteiger partial charge in [0.1, 0.15) is 23.5 Å². The Bertz CT molecular complexity index is 963. The molecule has 3 fully saturated rings. The number of carbonyl (C=O) groups is 3. The average molecular weight is 552 g/mol. The highest BCUT2D eigenvalue weighted by molar-refractivity contribution is 6.00. The molecule has 3 amide bonds. The van der Waals surface area contributed by atoms with Gasteiger partial charge in [-0.25, -0.2) is 0 Å². The Hall–Kier alpha value is -2.27. The van der Waals surface area contributed by atoms with E-state index in [4.69, 9.17) is 0 Å². The van der Waals surface area contributed by atoms with Crippen LogP contribution in [0, 0.1) is 5.92 Å². The van der Waals surface area contributed by atoms with E-state index in [0.717, 1.165) is 44.9 Å². The maximum atomic E-state index is 13.7. The van der Waals surface area contributed by atoms with E-state index >= 15 is 0 Å². The number of aliphatic hydroxyl groups is 2. The number of aliphatic hydroxyl groups excluding tert-OH is 2. The maximum absolute atomic E-state index is 13.7. The van der Waals surface area contributed by atoms with Gasteiger partial charge in [-0.2, -0.15) is 0 Å². The minimum atomic E-state index is -0.980. The number of rotatable bonds is 8. The molecule has 212 valence electrons. The van der Waals surface area contributed by atoms with Crippen molar-refractivity contribution in [2.45, 2.75) is 88.6 Å². The molecule has 1 unspecified atom stereocenters. The molecule has 10 nitrogen and oxygen atoms in total. The molecule has 1 saturated carbocycles. The van der Waals surface area contributed by atoms with Crippen molar-refractivity contribution in [3.8, 4) is 0 Å². The molecule has 11 heteroatoms. The Morgan fingerprint density at radius 2 is 1.87 bits per heavy atom. The Balaban J connectivity index is 0.00000400. The lowest BCUT2D eigenvalue weighted by Crippen LogP contribution is -2.75. The smallest absolute Gasteiger partial charge is 0.269 e. The fourth-order valence-electron chi connectivity index (χ4n) is 6.13. The van der Waals surface area contributed by atoms with Crippen molar-refractivity contribution >= 4 is 30.1 Å². The Labute approximate surface area is 231 Å². The molecular weight excluding hydrogens is 510 g/mol. The number of piperidine rings is 1. The summed E-state index contributed by atoms with van der Waals surface area (Å²) in [7, 11) is 1.53. The van der Waals surface area contributed by atoms with E-state index in [0.29, 0.717) is 38.0 Å². The molecule has 3 heterocycles. The maximum Gasteiger partial charge on any atom is 0.269 e. The zero-order valence-corrected chi connectivity index (χ0v) is 23.2. The number of nitrogens with zero attached hydrogens (tertiary/aromatic N) is 3. The third-order valence-electron chi connectivity index (χ3n) is 8.48. The number of carbonyl (C=O) groups excluding carboxylic acids is 3. The van der Waals surface area contributed by atoms with Gasteiger partial charge >= 0.3 is 0 Å². The molecule has 2 saturated heterocycles. The lowest BCUT2D eigenvalue weighted by atomic mass is 9.77. The van der Waals surface area contributed by atoms with Crippen LogP contribution in [-0.2, 0) is 9.59 Å². The minimum absolute atomic E-state index is 0. The summed E-state index contributed by atoms with van der Waals surface area (Å²) < 4.78 is 0. The molecule has 4 N–H and O–H groups in total. The monoisotopic (exact) mass is 551 g/mol. The lowest BCUT2D eigenvalue weighted by Gasteiger charge is -2.53. The SMILES string of the molecule is CCCCN1C(=O)[C@@H]([C@H](O)C2CCCCC2)NC(=O)C12CCN(C(O)c1ccc(C(=O)NC)nc1)CC2.Cl. The molecule has 4 rings (SSSR count). The molecule has 1 aromatic rings. The van der Waals surface area contributed by atoms with E-state index in [1.54, 1.807) is 17.0 Å². The minimum Gasteiger partial charge on any atom is -0.390 e. The van der Waals surface area contributed by atoms with Crippen molar-refractivity contribution in [2.75, 3.05) is 26.7 Å². The van der Waals surface area contributed by atoms with Gasteiger partial charge in [-0.1, -0.05) is 38.7 Å². The molecular formula is C27H42ClN5O5. The van der Waals surface area contributed by atoms with Crippen LogP contribution >= 0.6 is 12.4 Å². The first-order valence-corrected chi connectivity index (χ1v) is 13.7. The number of likely N-dealkylation sites (tertiary alicyclic amines) is 1. The van der Waals surface area contributed by atoms with E-state index in [1.807, 2.05) is 4.90 Å².